The number of aliphatic hydroxyl groups excluding tert-OH is 1. The van der Waals surface area contributed by atoms with E-state index in [0.29, 0.717) is 11.4 Å². The summed E-state index contributed by atoms with van der Waals surface area (Å²) in [4.78, 5) is 4.30. The molecule has 1 aromatic heterocycles. The number of rotatable bonds is 7. The summed E-state index contributed by atoms with van der Waals surface area (Å²) in [6.07, 6.45) is 4.03. The molecule has 0 aliphatic carbocycles. The van der Waals surface area contributed by atoms with E-state index in [-0.39, 0.29) is 6.61 Å². The van der Waals surface area contributed by atoms with Gasteiger partial charge in [-0.2, -0.15) is 5.26 Å². The molecule has 0 aromatic carbocycles. The van der Waals surface area contributed by atoms with Gasteiger partial charge in [-0.3, -0.25) is 0 Å². The van der Waals surface area contributed by atoms with Crippen molar-refractivity contribution in [2.75, 3.05) is 18.5 Å². The maximum Gasteiger partial charge on any atom is 0.144 e. The third kappa shape index (κ3) is 4.83. The van der Waals surface area contributed by atoms with Crippen LogP contribution < -0.4 is 5.32 Å². The van der Waals surface area contributed by atoms with Crippen molar-refractivity contribution in [3.05, 3.63) is 23.4 Å². The summed E-state index contributed by atoms with van der Waals surface area (Å²) >= 11 is 0. The summed E-state index contributed by atoms with van der Waals surface area (Å²) in [6, 6.07) is 5.75. The Labute approximate surface area is 102 Å². The summed E-state index contributed by atoms with van der Waals surface area (Å²) in [6.45, 7) is 3.00. The Hall–Kier alpha value is -1.60. The normalized spacial score (nSPS) is 9.94. The van der Waals surface area contributed by atoms with E-state index in [4.69, 9.17) is 10.4 Å². The molecule has 0 fully saturated rings. The molecule has 0 unspecified atom stereocenters. The quantitative estimate of drug-likeness (QED) is 0.708. The van der Waals surface area contributed by atoms with Crippen LogP contribution in [0.25, 0.3) is 0 Å². The van der Waals surface area contributed by atoms with Crippen molar-refractivity contribution in [2.24, 2.45) is 0 Å². The van der Waals surface area contributed by atoms with Crippen LogP contribution in [-0.2, 0) is 0 Å². The van der Waals surface area contributed by atoms with Crippen molar-refractivity contribution in [3.63, 3.8) is 0 Å². The molecule has 0 saturated heterocycles. The second-order valence-electron chi connectivity index (χ2n) is 4.03. The van der Waals surface area contributed by atoms with E-state index in [1.54, 1.807) is 6.07 Å². The molecule has 0 atom stereocenters. The molecule has 1 rings (SSSR count). The van der Waals surface area contributed by atoms with Gasteiger partial charge in [-0.25, -0.2) is 4.98 Å². The first-order chi connectivity index (χ1) is 8.27. The molecule has 0 aliphatic heterocycles. The monoisotopic (exact) mass is 233 g/mol. The van der Waals surface area contributed by atoms with E-state index >= 15 is 0 Å². The average Bonchev–Trinajstić information content (AvgIpc) is 2.34. The second kappa shape index (κ2) is 7.64. The fourth-order valence-electron chi connectivity index (χ4n) is 1.58. The molecule has 4 heteroatoms. The third-order valence-electron chi connectivity index (χ3n) is 2.53. The zero-order valence-electron chi connectivity index (χ0n) is 10.2. The van der Waals surface area contributed by atoms with Crippen molar-refractivity contribution < 1.29 is 5.11 Å². The Bertz CT molecular complexity index is 385. The summed E-state index contributed by atoms with van der Waals surface area (Å²) < 4.78 is 0. The van der Waals surface area contributed by atoms with Gasteiger partial charge in [0.15, 0.2) is 0 Å². The Morgan fingerprint density at radius 1 is 1.29 bits per heavy atom. The van der Waals surface area contributed by atoms with Crippen LogP contribution in [0.1, 0.15) is 36.9 Å². The van der Waals surface area contributed by atoms with E-state index in [0.717, 1.165) is 37.9 Å². The molecule has 0 spiro atoms. The summed E-state index contributed by atoms with van der Waals surface area (Å²) in [5.74, 6) is 0.676. The molecule has 17 heavy (non-hydrogen) atoms. The number of aromatic nitrogens is 1. The highest BCUT2D eigenvalue weighted by Crippen LogP contribution is 2.12. The van der Waals surface area contributed by atoms with E-state index in [9.17, 15) is 0 Å². The van der Waals surface area contributed by atoms with Crippen LogP contribution in [0.15, 0.2) is 12.1 Å². The fraction of sp³-hybridized carbons (Fsp3) is 0.538. The van der Waals surface area contributed by atoms with Crippen LogP contribution in [0.2, 0.25) is 0 Å². The molecule has 92 valence electrons. The fourth-order valence-corrected chi connectivity index (χ4v) is 1.58. The topological polar surface area (TPSA) is 68.9 Å². The lowest BCUT2D eigenvalue weighted by atomic mass is 10.2. The summed E-state index contributed by atoms with van der Waals surface area (Å²) in [5.41, 5.74) is 1.50. The number of nitrogens with zero attached hydrogens (tertiary/aromatic N) is 2. The van der Waals surface area contributed by atoms with Gasteiger partial charge in [0.05, 0.1) is 5.56 Å². The average molecular weight is 233 g/mol. The first-order valence-corrected chi connectivity index (χ1v) is 6.00. The molecule has 4 nitrogen and oxygen atoms in total. The van der Waals surface area contributed by atoms with Gasteiger partial charge in [-0.15, -0.1) is 0 Å². The SMILES string of the molecule is Cc1ccc(C#N)c(NCCCCCCO)n1. The minimum absolute atomic E-state index is 0.269. The van der Waals surface area contributed by atoms with Crippen LogP contribution in [-0.4, -0.2) is 23.2 Å². The third-order valence-corrected chi connectivity index (χ3v) is 2.53. The lowest BCUT2D eigenvalue weighted by Gasteiger charge is -2.07. The predicted molar refractivity (Wildman–Crippen MR) is 67.7 cm³/mol. The van der Waals surface area contributed by atoms with Gasteiger partial charge in [0.2, 0.25) is 0 Å². The molecule has 0 aliphatic rings. The molecule has 0 saturated carbocycles. The van der Waals surface area contributed by atoms with Crippen LogP contribution >= 0.6 is 0 Å². The number of aryl methyl sites for hydroxylation is 1. The van der Waals surface area contributed by atoms with Gasteiger partial charge in [0.25, 0.3) is 0 Å². The molecule has 1 aromatic rings. The minimum Gasteiger partial charge on any atom is -0.396 e. The molecule has 2 N–H and O–H groups in total. The first-order valence-electron chi connectivity index (χ1n) is 6.00. The molecular formula is C13H19N3O. The van der Waals surface area contributed by atoms with E-state index in [2.05, 4.69) is 16.4 Å². The van der Waals surface area contributed by atoms with Crippen LogP contribution in [0.4, 0.5) is 5.82 Å². The lowest BCUT2D eigenvalue weighted by Crippen LogP contribution is -2.06. The van der Waals surface area contributed by atoms with Gasteiger partial charge in [0, 0.05) is 18.8 Å². The highest BCUT2D eigenvalue weighted by Gasteiger charge is 2.02. The van der Waals surface area contributed by atoms with Gasteiger partial charge in [-0.1, -0.05) is 12.8 Å². The van der Waals surface area contributed by atoms with E-state index in [1.807, 2.05) is 13.0 Å². The Morgan fingerprint density at radius 3 is 2.76 bits per heavy atom. The number of hydrogen-bond acceptors (Lipinski definition) is 4. The number of unbranched alkanes of at least 4 members (excludes halogenated alkanes) is 3. The van der Waals surface area contributed by atoms with Crippen molar-refractivity contribution in [1.29, 1.82) is 5.26 Å². The summed E-state index contributed by atoms with van der Waals surface area (Å²) in [7, 11) is 0. The maximum atomic E-state index is 8.92. The van der Waals surface area contributed by atoms with Crippen molar-refractivity contribution in [1.82, 2.24) is 4.98 Å². The Balaban J connectivity index is 2.36. The highest BCUT2D eigenvalue weighted by atomic mass is 16.2. The van der Waals surface area contributed by atoms with Gasteiger partial charge in [0.1, 0.15) is 11.9 Å². The van der Waals surface area contributed by atoms with Crippen molar-refractivity contribution >= 4 is 5.82 Å². The minimum atomic E-state index is 0.269. The molecule has 0 bridgehead atoms. The number of aliphatic hydroxyl groups is 1. The smallest absolute Gasteiger partial charge is 0.144 e. The van der Waals surface area contributed by atoms with Crippen LogP contribution in [0.3, 0.4) is 0 Å². The van der Waals surface area contributed by atoms with Gasteiger partial charge < -0.3 is 10.4 Å². The Kier molecular flexibility index (Phi) is 6.05. The highest BCUT2D eigenvalue weighted by molar-refractivity contribution is 5.52. The van der Waals surface area contributed by atoms with Gasteiger partial charge >= 0.3 is 0 Å². The maximum absolute atomic E-state index is 8.92. The number of nitriles is 1. The predicted octanol–water partition coefficient (Wildman–Crippen LogP) is 2.23. The molecular weight excluding hydrogens is 214 g/mol. The number of pyridine rings is 1. The molecule has 0 radical (unpaired) electrons. The van der Waals surface area contributed by atoms with Crippen LogP contribution in [0, 0.1) is 18.3 Å². The molecule has 1 heterocycles. The largest absolute Gasteiger partial charge is 0.396 e. The Morgan fingerprint density at radius 2 is 2.06 bits per heavy atom. The standard InChI is InChI=1S/C13H19N3O/c1-11-6-7-12(10-14)13(16-11)15-8-4-2-3-5-9-17/h6-7,17H,2-5,8-9H2,1H3,(H,15,16). The number of nitrogens with one attached hydrogen (secondary N) is 1. The van der Waals surface area contributed by atoms with E-state index < -0.39 is 0 Å². The first kappa shape index (κ1) is 13.5. The van der Waals surface area contributed by atoms with Crippen LogP contribution in [0.5, 0.6) is 0 Å². The lowest BCUT2D eigenvalue weighted by molar-refractivity contribution is 0.283. The zero-order chi connectivity index (χ0) is 12.5. The van der Waals surface area contributed by atoms with E-state index in [1.165, 1.54) is 0 Å². The zero-order valence-corrected chi connectivity index (χ0v) is 10.2. The number of hydrogen-bond donors (Lipinski definition) is 2. The van der Waals surface area contributed by atoms with Crippen molar-refractivity contribution in [3.8, 4) is 6.07 Å². The van der Waals surface area contributed by atoms with Crippen molar-refractivity contribution in [2.45, 2.75) is 32.6 Å². The molecule has 0 amide bonds. The second-order valence-corrected chi connectivity index (χ2v) is 4.03. The number of anilines is 1. The summed E-state index contributed by atoms with van der Waals surface area (Å²) in [5, 5.41) is 20.7. The van der Waals surface area contributed by atoms with Gasteiger partial charge in [-0.05, 0) is 31.9 Å².